The van der Waals surface area contributed by atoms with Crippen molar-refractivity contribution >= 4 is 5.91 Å². The molecule has 0 atom stereocenters. The van der Waals surface area contributed by atoms with E-state index in [1.165, 1.54) is 0 Å². The van der Waals surface area contributed by atoms with Crippen LogP contribution in [0.5, 0.6) is 0 Å². The number of H-pyrrole nitrogens is 1. The van der Waals surface area contributed by atoms with Gasteiger partial charge in [-0.2, -0.15) is 0 Å². The van der Waals surface area contributed by atoms with Crippen LogP contribution in [0.25, 0.3) is 11.3 Å². The van der Waals surface area contributed by atoms with Crippen molar-refractivity contribution in [3.8, 4) is 11.3 Å². The first-order chi connectivity index (χ1) is 11.6. The highest BCUT2D eigenvalue weighted by molar-refractivity contribution is 5.94. The van der Waals surface area contributed by atoms with Gasteiger partial charge in [0.05, 0.1) is 0 Å². The lowest BCUT2D eigenvalue weighted by Gasteiger charge is -2.07. The predicted octanol–water partition coefficient (Wildman–Crippen LogP) is 3.28. The number of benzene rings is 2. The van der Waals surface area contributed by atoms with Crippen LogP contribution in [0.2, 0.25) is 0 Å². The second-order valence-corrected chi connectivity index (χ2v) is 5.65. The highest BCUT2D eigenvalue weighted by Gasteiger charge is 2.11. The fourth-order valence-corrected chi connectivity index (χ4v) is 2.42. The van der Waals surface area contributed by atoms with Gasteiger partial charge in [-0.1, -0.05) is 60.2 Å². The zero-order chi connectivity index (χ0) is 16.9. The van der Waals surface area contributed by atoms with Gasteiger partial charge in [-0.3, -0.25) is 9.59 Å². The fourth-order valence-electron chi connectivity index (χ4n) is 2.42. The third-order valence-electron chi connectivity index (χ3n) is 3.81. The van der Waals surface area contributed by atoms with Crippen molar-refractivity contribution in [2.24, 2.45) is 0 Å². The van der Waals surface area contributed by atoms with E-state index in [4.69, 9.17) is 0 Å². The van der Waals surface area contributed by atoms with E-state index in [1.807, 2.05) is 61.5 Å². The van der Waals surface area contributed by atoms with Crippen molar-refractivity contribution in [1.29, 1.82) is 0 Å². The van der Waals surface area contributed by atoms with Crippen molar-refractivity contribution in [1.82, 2.24) is 10.3 Å². The molecule has 120 valence electrons. The van der Waals surface area contributed by atoms with Crippen LogP contribution in [-0.2, 0) is 6.54 Å². The molecule has 0 saturated carbocycles. The first kappa shape index (κ1) is 15.7. The molecule has 1 amide bonds. The third-order valence-corrected chi connectivity index (χ3v) is 3.81. The Hall–Kier alpha value is -3.14. The van der Waals surface area contributed by atoms with Crippen LogP contribution >= 0.6 is 0 Å². The molecule has 1 heterocycles. The molecule has 3 rings (SSSR count). The van der Waals surface area contributed by atoms with E-state index in [2.05, 4.69) is 10.3 Å². The lowest BCUT2D eigenvalue weighted by Crippen LogP contribution is -2.29. The predicted molar refractivity (Wildman–Crippen MR) is 94.8 cm³/mol. The standard InChI is InChI=1S/C20H18N2O2/c1-14-7-9-15(10-8-14)13-21-19(23)17-11-12-18(22-20(17)24)16-5-3-2-4-6-16/h2-12H,13H2,1H3,(H,21,23)(H,22,24). The Balaban J connectivity index is 1.73. The van der Waals surface area contributed by atoms with Crippen molar-refractivity contribution in [3.63, 3.8) is 0 Å². The van der Waals surface area contributed by atoms with Gasteiger partial charge in [0, 0.05) is 12.2 Å². The largest absolute Gasteiger partial charge is 0.348 e. The summed E-state index contributed by atoms with van der Waals surface area (Å²) < 4.78 is 0. The summed E-state index contributed by atoms with van der Waals surface area (Å²) in [5.74, 6) is -0.378. The number of carbonyl (C=O) groups is 1. The number of hydrogen-bond acceptors (Lipinski definition) is 2. The molecule has 0 unspecified atom stereocenters. The summed E-state index contributed by atoms with van der Waals surface area (Å²) in [4.78, 5) is 27.2. The van der Waals surface area contributed by atoms with Crippen molar-refractivity contribution in [3.05, 3.63) is 93.8 Å². The van der Waals surface area contributed by atoms with Gasteiger partial charge in [0.1, 0.15) is 5.56 Å². The second kappa shape index (κ2) is 6.96. The Morgan fingerprint density at radius 3 is 2.33 bits per heavy atom. The molecular weight excluding hydrogens is 300 g/mol. The quantitative estimate of drug-likeness (QED) is 0.775. The molecule has 4 heteroatoms. The summed E-state index contributed by atoms with van der Waals surface area (Å²) in [6, 6.07) is 20.7. The second-order valence-electron chi connectivity index (χ2n) is 5.65. The number of amides is 1. The van der Waals surface area contributed by atoms with Gasteiger partial charge in [0.15, 0.2) is 0 Å². The number of nitrogens with one attached hydrogen (secondary N) is 2. The van der Waals surface area contributed by atoms with E-state index in [0.29, 0.717) is 12.2 Å². The fraction of sp³-hybridized carbons (Fsp3) is 0.100. The van der Waals surface area contributed by atoms with Crippen LogP contribution in [0.3, 0.4) is 0 Å². The highest BCUT2D eigenvalue weighted by Crippen LogP contribution is 2.14. The summed E-state index contributed by atoms with van der Waals surface area (Å²) in [5, 5.41) is 2.78. The lowest BCUT2D eigenvalue weighted by molar-refractivity contribution is 0.0949. The van der Waals surface area contributed by atoms with E-state index in [0.717, 1.165) is 16.7 Å². The van der Waals surface area contributed by atoms with E-state index in [1.54, 1.807) is 12.1 Å². The summed E-state index contributed by atoms with van der Waals surface area (Å²) in [6.07, 6.45) is 0. The molecule has 0 spiro atoms. The Bertz CT molecular complexity index is 897. The van der Waals surface area contributed by atoms with Crippen LogP contribution in [0.4, 0.5) is 0 Å². The smallest absolute Gasteiger partial charge is 0.261 e. The molecule has 0 aliphatic carbocycles. The summed E-state index contributed by atoms with van der Waals surface area (Å²) in [5.41, 5.74) is 3.47. The van der Waals surface area contributed by atoms with Gasteiger partial charge in [0.25, 0.3) is 11.5 Å². The van der Waals surface area contributed by atoms with Crippen molar-refractivity contribution in [2.75, 3.05) is 0 Å². The van der Waals surface area contributed by atoms with E-state index in [-0.39, 0.29) is 11.5 Å². The average molecular weight is 318 g/mol. The zero-order valence-electron chi connectivity index (χ0n) is 13.4. The molecular formula is C20H18N2O2. The monoisotopic (exact) mass is 318 g/mol. The molecule has 2 N–H and O–H groups in total. The maximum absolute atomic E-state index is 12.2. The summed E-state index contributed by atoms with van der Waals surface area (Å²) in [7, 11) is 0. The first-order valence-corrected chi connectivity index (χ1v) is 7.76. The van der Waals surface area contributed by atoms with Gasteiger partial charge < -0.3 is 10.3 Å². The molecule has 0 aliphatic rings. The minimum Gasteiger partial charge on any atom is -0.348 e. The number of pyridine rings is 1. The van der Waals surface area contributed by atoms with Gasteiger partial charge in [0.2, 0.25) is 0 Å². The lowest BCUT2D eigenvalue weighted by atomic mass is 10.1. The topological polar surface area (TPSA) is 62.0 Å². The summed E-state index contributed by atoms with van der Waals surface area (Å²) in [6.45, 7) is 2.40. The molecule has 0 fully saturated rings. The maximum atomic E-state index is 12.2. The Kier molecular flexibility index (Phi) is 4.57. The van der Waals surface area contributed by atoms with Crippen LogP contribution < -0.4 is 10.9 Å². The average Bonchev–Trinajstić information content (AvgIpc) is 2.61. The van der Waals surface area contributed by atoms with Crippen molar-refractivity contribution < 1.29 is 4.79 Å². The van der Waals surface area contributed by atoms with E-state index in [9.17, 15) is 9.59 Å². The zero-order valence-corrected chi connectivity index (χ0v) is 13.4. The van der Waals surface area contributed by atoms with Gasteiger partial charge >= 0.3 is 0 Å². The van der Waals surface area contributed by atoms with E-state index >= 15 is 0 Å². The number of rotatable bonds is 4. The number of aromatic amines is 1. The highest BCUT2D eigenvalue weighted by atomic mass is 16.2. The number of aromatic nitrogens is 1. The SMILES string of the molecule is Cc1ccc(CNC(=O)c2ccc(-c3ccccc3)[nH]c2=O)cc1. The Morgan fingerprint density at radius 2 is 1.67 bits per heavy atom. The van der Waals surface area contributed by atoms with Crippen LogP contribution in [0, 0.1) is 6.92 Å². The van der Waals surface area contributed by atoms with Crippen LogP contribution in [0.15, 0.2) is 71.5 Å². The number of carbonyl (C=O) groups excluding carboxylic acids is 1. The third kappa shape index (κ3) is 3.60. The Labute approximate surface area is 140 Å². The van der Waals surface area contributed by atoms with Gasteiger partial charge in [-0.25, -0.2) is 0 Å². The Morgan fingerprint density at radius 1 is 0.958 bits per heavy atom. The van der Waals surface area contributed by atoms with Gasteiger partial charge in [-0.05, 0) is 30.2 Å². The molecule has 24 heavy (non-hydrogen) atoms. The maximum Gasteiger partial charge on any atom is 0.261 e. The molecule has 1 aromatic heterocycles. The van der Waals surface area contributed by atoms with E-state index < -0.39 is 5.56 Å². The number of hydrogen-bond donors (Lipinski definition) is 2. The van der Waals surface area contributed by atoms with Crippen LogP contribution in [0.1, 0.15) is 21.5 Å². The van der Waals surface area contributed by atoms with Crippen molar-refractivity contribution in [2.45, 2.75) is 13.5 Å². The summed E-state index contributed by atoms with van der Waals surface area (Å²) >= 11 is 0. The molecule has 0 radical (unpaired) electrons. The minimum atomic E-state index is -0.391. The van der Waals surface area contributed by atoms with Gasteiger partial charge in [-0.15, -0.1) is 0 Å². The van der Waals surface area contributed by atoms with Crippen LogP contribution in [-0.4, -0.2) is 10.9 Å². The normalized spacial score (nSPS) is 10.4. The molecule has 0 saturated heterocycles. The molecule has 0 aliphatic heterocycles. The minimum absolute atomic E-state index is 0.113. The number of aryl methyl sites for hydroxylation is 1. The molecule has 3 aromatic rings. The molecule has 0 bridgehead atoms. The molecule has 4 nitrogen and oxygen atoms in total. The first-order valence-electron chi connectivity index (χ1n) is 7.76. The molecule has 2 aromatic carbocycles.